The fraction of sp³-hybridized carbons (Fsp3) is 0.0556. The highest BCUT2D eigenvalue weighted by molar-refractivity contribution is 6.31. The lowest BCUT2D eigenvalue weighted by molar-refractivity contribution is 0.0946. The number of rotatable bonds is 4. The molecule has 0 aliphatic carbocycles. The first-order chi connectivity index (χ1) is 11.1. The lowest BCUT2D eigenvalue weighted by Crippen LogP contribution is -2.23. The second kappa shape index (κ2) is 6.67. The molecule has 116 valence electrons. The highest BCUT2D eigenvalue weighted by Gasteiger charge is 2.10. The Hall–Kier alpha value is -2.59. The molecule has 0 atom stereocenters. The number of hydrogen-bond acceptors (Lipinski definition) is 1. The van der Waals surface area contributed by atoms with E-state index in [0.29, 0.717) is 17.3 Å². The third-order valence-corrected chi connectivity index (χ3v) is 3.87. The first-order valence-electron chi connectivity index (χ1n) is 7.09. The van der Waals surface area contributed by atoms with Gasteiger partial charge in [0.25, 0.3) is 5.91 Å². The van der Waals surface area contributed by atoms with E-state index in [2.05, 4.69) is 10.3 Å². The summed E-state index contributed by atoms with van der Waals surface area (Å²) >= 11 is 6.06. The summed E-state index contributed by atoms with van der Waals surface area (Å²) in [6.07, 6.45) is 1.72. The third-order valence-electron chi connectivity index (χ3n) is 3.50. The number of aromatic amines is 1. The molecule has 2 aromatic carbocycles. The van der Waals surface area contributed by atoms with Gasteiger partial charge in [-0.1, -0.05) is 41.9 Å². The lowest BCUT2D eigenvalue weighted by atomic mass is 10.1. The van der Waals surface area contributed by atoms with Crippen LogP contribution in [0, 0.1) is 5.82 Å². The molecule has 0 aliphatic rings. The van der Waals surface area contributed by atoms with Gasteiger partial charge >= 0.3 is 0 Å². The molecule has 0 radical (unpaired) electrons. The predicted octanol–water partition coefficient (Wildman–Crippen LogP) is 4.40. The van der Waals surface area contributed by atoms with E-state index in [1.807, 2.05) is 18.2 Å². The maximum absolute atomic E-state index is 12.9. The van der Waals surface area contributed by atoms with Gasteiger partial charge in [-0.05, 0) is 41.0 Å². The molecule has 5 heteroatoms. The van der Waals surface area contributed by atoms with E-state index in [-0.39, 0.29) is 11.7 Å². The van der Waals surface area contributed by atoms with Crippen LogP contribution in [0.3, 0.4) is 0 Å². The fourth-order valence-electron chi connectivity index (χ4n) is 2.25. The number of halogens is 2. The summed E-state index contributed by atoms with van der Waals surface area (Å²) in [6.45, 7) is 0.351. The highest BCUT2D eigenvalue weighted by atomic mass is 35.5. The third kappa shape index (κ3) is 3.60. The number of amides is 1. The average Bonchev–Trinajstić information content (AvgIpc) is 3.04. The molecule has 3 nitrogen and oxygen atoms in total. The quantitative estimate of drug-likeness (QED) is 0.732. The molecule has 0 saturated carbocycles. The van der Waals surface area contributed by atoms with E-state index in [9.17, 15) is 9.18 Å². The molecule has 0 aliphatic heterocycles. The molecule has 0 saturated heterocycles. The van der Waals surface area contributed by atoms with E-state index < -0.39 is 0 Å². The molecule has 0 unspecified atom stereocenters. The minimum absolute atomic E-state index is 0.224. The molecule has 0 bridgehead atoms. The number of aromatic nitrogens is 1. The van der Waals surface area contributed by atoms with Gasteiger partial charge in [0.15, 0.2) is 0 Å². The van der Waals surface area contributed by atoms with Crippen molar-refractivity contribution in [3.63, 3.8) is 0 Å². The fourth-order valence-corrected chi connectivity index (χ4v) is 2.45. The van der Waals surface area contributed by atoms with Crippen molar-refractivity contribution in [2.45, 2.75) is 6.54 Å². The molecule has 1 aromatic heterocycles. The second-order valence-electron chi connectivity index (χ2n) is 5.08. The summed E-state index contributed by atoms with van der Waals surface area (Å²) < 4.78 is 12.9. The number of carbonyl (C=O) groups excluding carboxylic acids is 1. The summed E-state index contributed by atoms with van der Waals surface area (Å²) in [5.74, 6) is -0.514. The van der Waals surface area contributed by atoms with Crippen LogP contribution in [-0.4, -0.2) is 10.9 Å². The first-order valence-corrected chi connectivity index (χ1v) is 7.47. The normalized spacial score (nSPS) is 10.5. The zero-order chi connectivity index (χ0) is 16.2. The topological polar surface area (TPSA) is 44.9 Å². The Kier molecular flexibility index (Phi) is 4.44. The van der Waals surface area contributed by atoms with Crippen LogP contribution in [-0.2, 0) is 6.54 Å². The van der Waals surface area contributed by atoms with Crippen LogP contribution >= 0.6 is 11.6 Å². The zero-order valence-electron chi connectivity index (χ0n) is 12.1. The first kappa shape index (κ1) is 15.3. The smallest absolute Gasteiger partial charge is 0.267 e. The van der Waals surface area contributed by atoms with E-state index in [1.54, 1.807) is 30.5 Å². The van der Waals surface area contributed by atoms with Crippen molar-refractivity contribution in [1.82, 2.24) is 10.3 Å². The predicted molar refractivity (Wildman–Crippen MR) is 88.8 cm³/mol. The van der Waals surface area contributed by atoms with Crippen LogP contribution in [0.25, 0.3) is 11.1 Å². The van der Waals surface area contributed by atoms with Crippen molar-refractivity contribution in [2.75, 3.05) is 0 Å². The molecule has 23 heavy (non-hydrogen) atoms. The number of carbonyl (C=O) groups is 1. The Morgan fingerprint density at radius 3 is 2.57 bits per heavy atom. The minimum Gasteiger partial charge on any atom is -0.357 e. The van der Waals surface area contributed by atoms with Gasteiger partial charge in [0.2, 0.25) is 0 Å². The van der Waals surface area contributed by atoms with E-state index >= 15 is 0 Å². The molecule has 1 amide bonds. The largest absolute Gasteiger partial charge is 0.357 e. The van der Waals surface area contributed by atoms with E-state index in [0.717, 1.165) is 16.7 Å². The minimum atomic E-state index is -0.290. The van der Waals surface area contributed by atoms with Gasteiger partial charge < -0.3 is 10.3 Å². The van der Waals surface area contributed by atoms with E-state index in [1.165, 1.54) is 12.1 Å². The van der Waals surface area contributed by atoms with Gasteiger partial charge in [0.05, 0.1) is 0 Å². The Bertz CT molecular complexity index is 827. The van der Waals surface area contributed by atoms with Crippen molar-refractivity contribution in [1.29, 1.82) is 0 Å². The molecule has 3 aromatic rings. The second-order valence-corrected chi connectivity index (χ2v) is 5.49. The van der Waals surface area contributed by atoms with Crippen LogP contribution in [0.15, 0.2) is 60.8 Å². The molecule has 3 rings (SSSR count). The summed E-state index contributed by atoms with van der Waals surface area (Å²) in [4.78, 5) is 15.1. The summed E-state index contributed by atoms with van der Waals surface area (Å²) in [7, 11) is 0. The molecule has 0 spiro atoms. The van der Waals surface area contributed by atoms with Gasteiger partial charge in [-0.3, -0.25) is 4.79 Å². The number of H-pyrrole nitrogens is 1. The molecular weight excluding hydrogens is 315 g/mol. The van der Waals surface area contributed by atoms with Crippen LogP contribution in [0.1, 0.15) is 16.1 Å². The molecule has 1 heterocycles. The average molecular weight is 329 g/mol. The summed E-state index contributed by atoms with van der Waals surface area (Å²) in [6, 6.07) is 15.2. The Labute approximate surface area is 138 Å². The van der Waals surface area contributed by atoms with Crippen LogP contribution in [0.4, 0.5) is 4.39 Å². The lowest BCUT2D eigenvalue weighted by Gasteiger charge is -2.05. The Balaban J connectivity index is 1.69. The van der Waals surface area contributed by atoms with Gasteiger partial charge in [-0.25, -0.2) is 4.39 Å². The van der Waals surface area contributed by atoms with Gasteiger partial charge in [0.1, 0.15) is 11.5 Å². The standard InChI is InChI=1S/C18H14ClFN2O/c19-16-4-2-1-3-13(16)10-22-18(23)17-9-14(11-21-17)12-5-7-15(20)8-6-12/h1-9,11,21H,10H2,(H,22,23). The van der Waals surface area contributed by atoms with Gasteiger partial charge in [-0.15, -0.1) is 0 Å². The Morgan fingerprint density at radius 1 is 1.09 bits per heavy atom. The molecule has 2 N–H and O–H groups in total. The van der Waals surface area contributed by atoms with Gasteiger partial charge in [-0.2, -0.15) is 0 Å². The van der Waals surface area contributed by atoms with Crippen molar-refractivity contribution < 1.29 is 9.18 Å². The van der Waals surface area contributed by atoms with Crippen molar-refractivity contribution in [3.05, 3.63) is 82.9 Å². The monoisotopic (exact) mass is 328 g/mol. The molecular formula is C18H14ClFN2O. The van der Waals surface area contributed by atoms with Crippen molar-refractivity contribution >= 4 is 17.5 Å². The maximum atomic E-state index is 12.9. The highest BCUT2D eigenvalue weighted by Crippen LogP contribution is 2.21. The van der Waals surface area contributed by atoms with Crippen LogP contribution in [0.5, 0.6) is 0 Å². The zero-order valence-corrected chi connectivity index (χ0v) is 12.9. The van der Waals surface area contributed by atoms with Crippen molar-refractivity contribution in [3.8, 4) is 11.1 Å². The Morgan fingerprint density at radius 2 is 1.83 bits per heavy atom. The number of nitrogens with one attached hydrogen (secondary N) is 2. The van der Waals surface area contributed by atoms with Crippen LogP contribution in [0.2, 0.25) is 5.02 Å². The number of hydrogen-bond donors (Lipinski definition) is 2. The summed E-state index contributed by atoms with van der Waals surface area (Å²) in [5.41, 5.74) is 2.96. The molecule has 0 fully saturated rings. The number of benzene rings is 2. The van der Waals surface area contributed by atoms with Gasteiger partial charge in [0, 0.05) is 17.8 Å². The van der Waals surface area contributed by atoms with E-state index in [4.69, 9.17) is 11.6 Å². The SMILES string of the molecule is O=C(NCc1ccccc1Cl)c1cc(-c2ccc(F)cc2)c[nH]1. The van der Waals surface area contributed by atoms with Crippen LogP contribution < -0.4 is 5.32 Å². The van der Waals surface area contributed by atoms with Crippen molar-refractivity contribution in [2.24, 2.45) is 0 Å². The maximum Gasteiger partial charge on any atom is 0.267 e. The summed E-state index contributed by atoms with van der Waals surface area (Å²) in [5, 5.41) is 3.43.